The monoisotopic (exact) mass is 558 g/mol. The van der Waals surface area contributed by atoms with Crippen LogP contribution in [0.1, 0.15) is 51.5 Å². The maximum Gasteiger partial charge on any atom is 0.207 e. The lowest BCUT2D eigenvalue weighted by Crippen LogP contribution is -2.59. The molecule has 0 radical (unpaired) electrons. The number of benzene rings is 3. The molecule has 3 fully saturated rings. The molecule has 2 aliphatic carbocycles. The number of fused-ring (bicyclic) bond motifs is 4. The lowest BCUT2D eigenvalue weighted by Gasteiger charge is -2.55. The van der Waals surface area contributed by atoms with E-state index in [0.717, 1.165) is 64.3 Å². The van der Waals surface area contributed by atoms with Crippen LogP contribution in [-0.4, -0.2) is 38.8 Å². The summed E-state index contributed by atoms with van der Waals surface area (Å²) in [5, 5.41) is 1.99. The summed E-state index contributed by atoms with van der Waals surface area (Å²) in [6, 6.07) is 19.9. The minimum atomic E-state index is -0.623. The van der Waals surface area contributed by atoms with Crippen LogP contribution in [0.2, 0.25) is 0 Å². The summed E-state index contributed by atoms with van der Waals surface area (Å²) in [5.41, 5.74) is 1.81. The van der Waals surface area contributed by atoms with Crippen LogP contribution in [0.25, 0.3) is 16.3 Å². The third-order valence-electron chi connectivity index (χ3n) is 9.27. The third-order valence-corrected chi connectivity index (χ3v) is 9.27. The maximum atomic E-state index is 6.63. The zero-order chi connectivity index (χ0) is 28.4. The zero-order valence-electron chi connectivity index (χ0n) is 24.5. The van der Waals surface area contributed by atoms with Gasteiger partial charge in [0.2, 0.25) is 5.79 Å². The second-order valence-electron chi connectivity index (χ2n) is 12.0. The van der Waals surface area contributed by atoms with Crippen molar-refractivity contribution in [2.24, 2.45) is 23.7 Å². The molecule has 1 heterocycles. The normalized spacial score (nSPS) is 29.4. The Morgan fingerprint density at radius 1 is 0.927 bits per heavy atom. The lowest BCUT2D eigenvalue weighted by molar-refractivity contribution is -0.511. The topological polar surface area (TPSA) is 55.4 Å². The molecule has 6 atom stereocenters. The van der Waals surface area contributed by atoms with Gasteiger partial charge in [-0.25, -0.2) is 4.89 Å². The molecule has 2 saturated carbocycles. The molecule has 0 amide bonds. The van der Waals surface area contributed by atoms with Gasteiger partial charge in [-0.1, -0.05) is 56.8 Å². The maximum absolute atomic E-state index is 6.63. The minimum absolute atomic E-state index is 0.349. The van der Waals surface area contributed by atoms with E-state index in [2.05, 4.69) is 20.4 Å². The van der Waals surface area contributed by atoms with E-state index in [1.807, 2.05) is 60.7 Å². The molecule has 6 rings (SSSR count). The highest BCUT2D eigenvalue weighted by Gasteiger charge is 2.57. The van der Waals surface area contributed by atoms with Crippen LogP contribution in [-0.2, 0) is 19.2 Å². The van der Waals surface area contributed by atoms with Crippen molar-refractivity contribution in [1.82, 2.24) is 0 Å². The van der Waals surface area contributed by atoms with Crippen LogP contribution in [0, 0.1) is 23.7 Å². The summed E-state index contributed by atoms with van der Waals surface area (Å²) in [5.74, 6) is 3.95. The van der Waals surface area contributed by atoms with Gasteiger partial charge in [-0.15, -0.1) is 0 Å². The fourth-order valence-corrected chi connectivity index (χ4v) is 7.29. The van der Waals surface area contributed by atoms with E-state index in [0.29, 0.717) is 37.6 Å². The second kappa shape index (κ2) is 12.1. The Balaban J connectivity index is 1.12. The average Bonchev–Trinajstić information content (AvgIpc) is 3.00. The molecule has 1 spiro atoms. The molecule has 2 bridgehead atoms. The summed E-state index contributed by atoms with van der Waals surface area (Å²) < 4.78 is 24.0. The van der Waals surface area contributed by atoms with Gasteiger partial charge in [-0.05, 0) is 79.3 Å². The second-order valence-corrected chi connectivity index (χ2v) is 12.0. The van der Waals surface area contributed by atoms with Crippen molar-refractivity contribution in [2.45, 2.75) is 57.8 Å². The Hall–Kier alpha value is -2.90. The van der Waals surface area contributed by atoms with Crippen molar-refractivity contribution in [3.8, 4) is 17.2 Å². The van der Waals surface area contributed by atoms with Gasteiger partial charge in [-0.2, -0.15) is 4.89 Å². The van der Waals surface area contributed by atoms with E-state index in [4.69, 9.17) is 28.7 Å². The van der Waals surface area contributed by atoms with E-state index in [1.54, 1.807) is 7.11 Å². The molecular weight excluding hydrogens is 516 g/mol. The van der Waals surface area contributed by atoms with Crippen molar-refractivity contribution in [1.29, 1.82) is 0 Å². The first-order chi connectivity index (χ1) is 20.0. The molecule has 6 unspecified atom stereocenters. The number of rotatable bonds is 9. The number of hydrogen-bond acceptors (Lipinski definition) is 6. The predicted molar refractivity (Wildman–Crippen MR) is 160 cm³/mol. The van der Waals surface area contributed by atoms with Gasteiger partial charge in [0.1, 0.15) is 30.0 Å². The van der Waals surface area contributed by atoms with Crippen LogP contribution < -0.4 is 9.47 Å². The Kier molecular flexibility index (Phi) is 8.36. The van der Waals surface area contributed by atoms with Crippen molar-refractivity contribution in [3.05, 3.63) is 72.8 Å². The van der Waals surface area contributed by atoms with Gasteiger partial charge in [0, 0.05) is 29.7 Å². The third kappa shape index (κ3) is 5.63. The van der Waals surface area contributed by atoms with Crippen LogP contribution in [0.3, 0.4) is 0 Å². The highest BCUT2D eigenvalue weighted by molar-refractivity contribution is 5.93. The van der Waals surface area contributed by atoms with Gasteiger partial charge in [0.25, 0.3) is 0 Å². The molecule has 3 aromatic carbocycles. The summed E-state index contributed by atoms with van der Waals surface area (Å²) in [6.07, 6.45) is 5.49. The van der Waals surface area contributed by atoms with E-state index in [9.17, 15) is 0 Å². The molecule has 218 valence electrons. The SMILES string of the molecule is C=C(c1ccc(Oc2cccc3c(OCCOC)cccc23)cc1)C1COC2(OO1)C(CC)CC1CC(C)CC2C1. The smallest absolute Gasteiger partial charge is 0.207 e. The molecular formula is C35H42O6. The van der Waals surface area contributed by atoms with E-state index in [-0.39, 0.29) is 6.10 Å². The molecule has 3 aromatic rings. The molecule has 6 nitrogen and oxygen atoms in total. The van der Waals surface area contributed by atoms with Gasteiger partial charge in [0.05, 0.1) is 13.2 Å². The van der Waals surface area contributed by atoms with Crippen LogP contribution >= 0.6 is 0 Å². The summed E-state index contributed by atoms with van der Waals surface area (Å²) in [6.45, 7) is 10.4. The van der Waals surface area contributed by atoms with Crippen LogP contribution in [0.15, 0.2) is 67.2 Å². The minimum Gasteiger partial charge on any atom is -0.491 e. The standard InChI is InChI=1S/C35H42O6/c1-5-27-20-25-18-23(2)19-28(21-25)35(27)38-22-34(40-41-35)24(3)26-12-14-29(15-13-26)39-33-11-7-8-30-31(33)9-6-10-32(30)37-17-16-36-4/h6-15,23,25,27-28,34H,3,5,16-22H2,1-2,4H3. The molecule has 1 aliphatic heterocycles. The predicted octanol–water partition coefficient (Wildman–Crippen LogP) is 8.20. The largest absolute Gasteiger partial charge is 0.491 e. The molecule has 41 heavy (non-hydrogen) atoms. The Labute approximate surface area is 243 Å². The summed E-state index contributed by atoms with van der Waals surface area (Å²) in [7, 11) is 1.67. The van der Waals surface area contributed by atoms with Crippen LogP contribution in [0.5, 0.6) is 17.2 Å². The zero-order valence-corrected chi connectivity index (χ0v) is 24.5. The first kappa shape index (κ1) is 28.2. The average molecular weight is 559 g/mol. The van der Waals surface area contributed by atoms with E-state index in [1.165, 1.54) is 12.8 Å². The molecule has 0 N–H and O–H groups in total. The fourth-order valence-electron chi connectivity index (χ4n) is 7.29. The van der Waals surface area contributed by atoms with Crippen molar-refractivity contribution >= 4 is 16.3 Å². The van der Waals surface area contributed by atoms with Crippen molar-refractivity contribution in [2.75, 3.05) is 26.9 Å². The van der Waals surface area contributed by atoms with Crippen LogP contribution in [0.4, 0.5) is 0 Å². The van der Waals surface area contributed by atoms with Gasteiger partial charge >= 0.3 is 0 Å². The number of hydrogen-bond donors (Lipinski definition) is 0. The Morgan fingerprint density at radius 2 is 1.68 bits per heavy atom. The van der Waals surface area contributed by atoms with E-state index >= 15 is 0 Å². The molecule has 0 aromatic heterocycles. The Bertz CT molecular complexity index is 1340. The quantitative estimate of drug-likeness (QED) is 0.195. The van der Waals surface area contributed by atoms with Crippen molar-refractivity contribution in [3.63, 3.8) is 0 Å². The van der Waals surface area contributed by atoms with Gasteiger partial charge < -0.3 is 18.9 Å². The highest BCUT2D eigenvalue weighted by atomic mass is 17.2. The first-order valence-corrected chi connectivity index (χ1v) is 15.1. The Morgan fingerprint density at radius 3 is 2.39 bits per heavy atom. The van der Waals surface area contributed by atoms with E-state index < -0.39 is 5.79 Å². The summed E-state index contributed by atoms with van der Waals surface area (Å²) >= 11 is 0. The lowest BCUT2D eigenvalue weighted by atomic mass is 9.61. The number of ether oxygens (including phenoxy) is 4. The first-order valence-electron chi connectivity index (χ1n) is 15.1. The molecule has 3 aliphatic rings. The van der Waals surface area contributed by atoms with Crippen molar-refractivity contribution < 1.29 is 28.7 Å². The van der Waals surface area contributed by atoms with Gasteiger partial charge in [-0.3, -0.25) is 0 Å². The fraction of sp³-hybridized carbons (Fsp3) is 0.486. The number of methoxy groups -OCH3 is 1. The highest BCUT2D eigenvalue weighted by Crippen LogP contribution is 2.54. The molecule has 1 saturated heterocycles. The molecule has 6 heteroatoms. The van der Waals surface area contributed by atoms with Gasteiger partial charge in [0.15, 0.2) is 0 Å². The summed E-state index contributed by atoms with van der Waals surface area (Å²) in [4.78, 5) is 12.3.